The molecule has 1 heterocycles. The Kier molecular flexibility index (Phi) is 3.99. The molecule has 6 heteroatoms. The second-order valence-corrected chi connectivity index (χ2v) is 4.87. The summed E-state index contributed by atoms with van der Waals surface area (Å²) in [6, 6.07) is 3.54. The highest BCUT2D eigenvalue weighted by atomic mass is 16.5. The van der Waals surface area contributed by atoms with Crippen molar-refractivity contribution in [1.29, 1.82) is 0 Å². The molecule has 1 fully saturated rings. The number of nitrogens with zero attached hydrogens (tertiary/aromatic N) is 2. The van der Waals surface area contributed by atoms with Crippen molar-refractivity contribution >= 4 is 5.97 Å². The molecule has 0 amide bonds. The molecule has 19 heavy (non-hydrogen) atoms. The minimum absolute atomic E-state index is 0.255. The summed E-state index contributed by atoms with van der Waals surface area (Å²) in [5.74, 6) is 0.482. The summed E-state index contributed by atoms with van der Waals surface area (Å²) in [7, 11) is 2.93. The highest BCUT2D eigenvalue weighted by molar-refractivity contribution is 5.78. The largest absolute Gasteiger partial charge is 0.480 e. The summed E-state index contributed by atoms with van der Waals surface area (Å²) in [5.41, 5.74) is 5.91. The normalized spacial score (nSPS) is 17.6. The molecule has 1 aliphatic carbocycles. The van der Waals surface area contributed by atoms with Gasteiger partial charge < -0.3 is 15.2 Å². The molecule has 0 bridgehead atoms. The van der Waals surface area contributed by atoms with Gasteiger partial charge in [0, 0.05) is 19.0 Å². The second kappa shape index (κ2) is 5.52. The molecule has 0 aromatic carbocycles. The van der Waals surface area contributed by atoms with Crippen molar-refractivity contribution in [2.24, 2.45) is 17.1 Å². The molecule has 6 nitrogen and oxygen atoms in total. The molecule has 0 radical (unpaired) electrons. The third kappa shape index (κ3) is 2.68. The molecule has 0 spiro atoms. The van der Waals surface area contributed by atoms with Crippen LogP contribution in [0.2, 0.25) is 0 Å². The fourth-order valence-electron chi connectivity index (χ4n) is 2.42. The first-order chi connectivity index (χ1) is 9.16. The van der Waals surface area contributed by atoms with Gasteiger partial charge in [0.05, 0.1) is 25.3 Å². The zero-order chi connectivity index (χ0) is 13.9. The molecular weight excluding hydrogens is 246 g/mol. The Labute approximate surface area is 112 Å². The Morgan fingerprint density at radius 1 is 1.42 bits per heavy atom. The minimum Gasteiger partial charge on any atom is -0.480 e. The maximum absolute atomic E-state index is 12.1. The Morgan fingerprint density at radius 3 is 2.58 bits per heavy atom. The highest BCUT2D eigenvalue weighted by Gasteiger charge is 2.51. The highest BCUT2D eigenvalue weighted by Crippen LogP contribution is 2.47. The summed E-state index contributed by atoms with van der Waals surface area (Å²) in [6.07, 6.45) is 2.48. The SMILES string of the molecule is COC(=O)C(CN)(Cc1ccc(OC)nn1)C1CC1. The number of esters is 1. The van der Waals surface area contributed by atoms with E-state index in [0.717, 1.165) is 18.5 Å². The molecule has 0 aliphatic heterocycles. The van der Waals surface area contributed by atoms with Crippen LogP contribution in [0.15, 0.2) is 12.1 Å². The molecule has 1 aromatic heterocycles. The molecule has 1 unspecified atom stereocenters. The van der Waals surface area contributed by atoms with E-state index in [2.05, 4.69) is 10.2 Å². The van der Waals surface area contributed by atoms with Gasteiger partial charge in [-0.1, -0.05) is 0 Å². The Hall–Kier alpha value is -1.69. The number of aromatic nitrogens is 2. The lowest BCUT2D eigenvalue weighted by atomic mass is 9.78. The third-order valence-electron chi connectivity index (χ3n) is 3.72. The molecular formula is C13H19N3O3. The summed E-state index contributed by atoms with van der Waals surface area (Å²) >= 11 is 0. The average molecular weight is 265 g/mol. The number of carbonyl (C=O) groups is 1. The van der Waals surface area contributed by atoms with Crippen molar-refractivity contribution in [3.05, 3.63) is 17.8 Å². The van der Waals surface area contributed by atoms with Gasteiger partial charge in [-0.05, 0) is 24.8 Å². The topological polar surface area (TPSA) is 87.3 Å². The van der Waals surface area contributed by atoms with Crippen LogP contribution in [-0.4, -0.2) is 36.9 Å². The fraction of sp³-hybridized carbons (Fsp3) is 0.615. The Balaban J connectivity index is 2.21. The number of carbonyl (C=O) groups excluding carboxylic acids is 1. The smallest absolute Gasteiger partial charge is 0.313 e. The van der Waals surface area contributed by atoms with Crippen molar-refractivity contribution < 1.29 is 14.3 Å². The van der Waals surface area contributed by atoms with Gasteiger partial charge in [0.2, 0.25) is 5.88 Å². The van der Waals surface area contributed by atoms with Crippen molar-refractivity contribution in [3.63, 3.8) is 0 Å². The van der Waals surface area contributed by atoms with E-state index in [1.165, 1.54) is 14.2 Å². The van der Waals surface area contributed by atoms with Crippen LogP contribution in [0, 0.1) is 11.3 Å². The predicted molar refractivity (Wildman–Crippen MR) is 68.5 cm³/mol. The van der Waals surface area contributed by atoms with Crippen LogP contribution in [0.25, 0.3) is 0 Å². The second-order valence-electron chi connectivity index (χ2n) is 4.87. The van der Waals surface area contributed by atoms with E-state index >= 15 is 0 Å². The lowest BCUT2D eigenvalue weighted by Gasteiger charge is -2.29. The molecule has 0 saturated heterocycles. The summed E-state index contributed by atoms with van der Waals surface area (Å²) < 4.78 is 9.90. The molecule has 1 aromatic rings. The monoisotopic (exact) mass is 265 g/mol. The first-order valence-electron chi connectivity index (χ1n) is 6.31. The van der Waals surface area contributed by atoms with Crippen LogP contribution in [0.3, 0.4) is 0 Å². The number of nitrogens with two attached hydrogens (primary N) is 1. The van der Waals surface area contributed by atoms with Crippen molar-refractivity contribution in [2.75, 3.05) is 20.8 Å². The summed E-state index contributed by atoms with van der Waals surface area (Å²) in [5, 5.41) is 7.99. The maximum Gasteiger partial charge on any atom is 0.313 e. The van der Waals surface area contributed by atoms with E-state index in [-0.39, 0.29) is 18.4 Å². The van der Waals surface area contributed by atoms with Crippen molar-refractivity contribution in [3.8, 4) is 5.88 Å². The molecule has 1 aliphatic rings. The van der Waals surface area contributed by atoms with Gasteiger partial charge in [0.25, 0.3) is 0 Å². The van der Waals surface area contributed by atoms with Gasteiger partial charge in [0.1, 0.15) is 0 Å². The van der Waals surface area contributed by atoms with Gasteiger partial charge in [-0.25, -0.2) is 0 Å². The Bertz CT molecular complexity index is 445. The van der Waals surface area contributed by atoms with Gasteiger partial charge in [-0.3, -0.25) is 4.79 Å². The van der Waals surface area contributed by atoms with Crippen LogP contribution in [0.4, 0.5) is 0 Å². The minimum atomic E-state index is -0.669. The summed E-state index contributed by atoms with van der Waals surface area (Å²) in [4.78, 5) is 12.1. The maximum atomic E-state index is 12.1. The number of hydrogen-bond donors (Lipinski definition) is 1. The molecule has 1 saturated carbocycles. The van der Waals surface area contributed by atoms with E-state index in [9.17, 15) is 4.79 Å². The first kappa shape index (κ1) is 13.7. The zero-order valence-corrected chi connectivity index (χ0v) is 11.3. The van der Waals surface area contributed by atoms with E-state index in [0.29, 0.717) is 12.3 Å². The average Bonchev–Trinajstić information content (AvgIpc) is 3.29. The summed E-state index contributed by atoms with van der Waals surface area (Å²) in [6.45, 7) is 0.262. The van der Waals surface area contributed by atoms with Crippen LogP contribution in [0.1, 0.15) is 18.5 Å². The molecule has 104 valence electrons. The van der Waals surface area contributed by atoms with Gasteiger partial charge in [-0.15, -0.1) is 5.10 Å². The van der Waals surface area contributed by atoms with Crippen molar-refractivity contribution in [1.82, 2.24) is 10.2 Å². The number of ether oxygens (including phenoxy) is 2. The fourth-order valence-corrected chi connectivity index (χ4v) is 2.42. The standard InChI is InChI=1S/C13H19N3O3/c1-18-11-6-5-10(15-16-11)7-13(8-14,9-3-4-9)12(17)19-2/h5-6,9H,3-4,7-8,14H2,1-2H3. The number of hydrogen-bond acceptors (Lipinski definition) is 6. The van der Waals surface area contributed by atoms with Crippen LogP contribution < -0.4 is 10.5 Å². The van der Waals surface area contributed by atoms with Gasteiger partial charge in [0.15, 0.2) is 0 Å². The van der Waals surface area contributed by atoms with E-state index in [1.54, 1.807) is 6.07 Å². The van der Waals surface area contributed by atoms with E-state index in [4.69, 9.17) is 15.2 Å². The third-order valence-corrected chi connectivity index (χ3v) is 3.72. The van der Waals surface area contributed by atoms with Crippen molar-refractivity contribution in [2.45, 2.75) is 19.3 Å². The first-order valence-corrected chi connectivity index (χ1v) is 6.31. The zero-order valence-electron chi connectivity index (χ0n) is 11.3. The lowest BCUT2D eigenvalue weighted by Crippen LogP contribution is -2.43. The number of rotatable bonds is 6. The molecule has 2 N–H and O–H groups in total. The van der Waals surface area contributed by atoms with E-state index < -0.39 is 5.41 Å². The Morgan fingerprint density at radius 2 is 2.16 bits per heavy atom. The van der Waals surface area contributed by atoms with Crippen LogP contribution >= 0.6 is 0 Å². The molecule has 2 rings (SSSR count). The number of methoxy groups -OCH3 is 2. The molecule has 1 atom stereocenters. The van der Waals surface area contributed by atoms with Gasteiger partial charge in [-0.2, -0.15) is 5.10 Å². The van der Waals surface area contributed by atoms with E-state index in [1.807, 2.05) is 6.07 Å². The van der Waals surface area contributed by atoms with Crippen LogP contribution in [0.5, 0.6) is 5.88 Å². The lowest BCUT2D eigenvalue weighted by molar-refractivity contribution is -0.153. The van der Waals surface area contributed by atoms with Crippen LogP contribution in [-0.2, 0) is 16.0 Å². The predicted octanol–water partition coefficient (Wildman–Crippen LogP) is 0.556. The quantitative estimate of drug-likeness (QED) is 0.756. The van der Waals surface area contributed by atoms with Gasteiger partial charge >= 0.3 is 5.97 Å².